The third-order valence-electron chi connectivity index (χ3n) is 7.21. The van der Waals surface area contributed by atoms with Crippen molar-refractivity contribution in [3.63, 3.8) is 0 Å². The van der Waals surface area contributed by atoms with Gasteiger partial charge in [0.25, 0.3) is 5.91 Å². The zero-order valence-corrected chi connectivity index (χ0v) is 26.7. The van der Waals surface area contributed by atoms with Gasteiger partial charge < -0.3 is 34.6 Å². The molecule has 16 heteroatoms. The number of aliphatic carboxylic acids is 1. The number of carboxylic acids is 1. The number of benzene rings is 2. The van der Waals surface area contributed by atoms with Gasteiger partial charge in [-0.25, -0.2) is 9.59 Å². The van der Waals surface area contributed by atoms with Crippen LogP contribution >= 0.6 is 0 Å². The molecule has 10 nitrogen and oxygen atoms in total. The average molecular weight is 687 g/mol. The Morgan fingerprint density at radius 1 is 0.958 bits per heavy atom. The van der Waals surface area contributed by atoms with Gasteiger partial charge in [0.05, 0.1) is 11.7 Å². The minimum Gasteiger partial charge on any atom is -0.475 e. The number of carboxylic acid groups (broad SMARTS) is 2. The zero-order chi connectivity index (χ0) is 36.2. The molecule has 0 unspecified atom stereocenters. The highest BCUT2D eigenvalue weighted by Crippen LogP contribution is 2.41. The summed E-state index contributed by atoms with van der Waals surface area (Å²) in [6.45, 7) is 6.68. The van der Waals surface area contributed by atoms with Crippen LogP contribution in [0, 0.1) is 0 Å². The molecule has 1 aliphatic heterocycles. The fraction of sp³-hybridized carbons (Fsp3) is 0.406. The van der Waals surface area contributed by atoms with E-state index in [1.807, 2.05) is 68.6 Å². The highest BCUT2D eigenvalue weighted by molar-refractivity contribution is 5.98. The Bertz CT molecular complexity index is 1610. The molecular formula is C32H36F6N4O6. The standard InChI is InChI=1S/C30H35F3N4O4.C2HF3O2/c1-29(2,3)36(28(39)40)14-13-22-17-34-27(38)25-16-24(21-7-6-8-23(15-21)41-30(31,32)33)26(37(22)25)20-11-9-19(10-12-20)18-35(4)5;3-2(4,5)1(6)7/h6-12,15-16,22H,13-14,17-18H2,1-5H3,(H,34,38)(H,39,40);(H,6,7)/t22-;/m0./s1. The molecule has 262 valence electrons. The Morgan fingerprint density at radius 3 is 2.06 bits per heavy atom. The number of aromatic nitrogens is 1. The van der Waals surface area contributed by atoms with E-state index in [0.29, 0.717) is 28.9 Å². The lowest BCUT2D eigenvalue weighted by atomic mass is 9.99. The SMILES string of the molecule is CN(C)Cc1ccc(-c2c(-c3cccc(OC(F)(F)F)c3)cc3n2[C@@H](CCN(C(=O)O)C(C)(C)C)CNC3=O)cc1.O=C(O)C(F)(F)F. The topological polar surface area (TPSA) is 124 Å². The van der Waals surface area contributed by atoms with E-state index in [1.165, 1.54) is 23.1 Å². The first-order chi connectivity index (χ1) is 22.1. The Morgan fingerprint density at radius 2 is 1.56 bits per heavy atom. The molecule has 0 saturated carbocycles. The second kappa shape index (κ2) is 14.6. The van der Waals surface area contributed by atoms with Crippen molar-refractivity contribution in [1.29, 1.82) is 0 Å². The summed E-state index contributed by atoms with van der Waals surface area (Å²) in [4.78, 5) is 37.4. The molecule has 1 aliphatic rings. The molecule has 3 N–H and O–H groups in total. The summed E-state index contributed by atoms with van der Waals surface area (Å²) in [6.07, 6.45) is -10.6. The molecule has 0 saturated heterocycles. The van der Waals surface area contributed by atoms with E-state index in [1.54, 1.807) is 12.1 Å². The molecule has 0 bridgehead atoms. The molecule has 0 spiro atoms. The average Bonchev–Trinajstić information content (AvgIpc) is 3.34. The molecule has 0 fully saturated rings. The Kier molecular flexibility index (Phi) is 11.5. The van der Waals surface area contributed by atoms with Gasteiger partial charge in [-0.05, 0) is 76.2 Å². The molecule has 1 aromatic heterocycles. The van der Waals surface area contributed by atoms with Crippen molar-refractivity contribution >= 4 is 18.0 Å². The van der Waals surface area contributed by atoms with Crippen molar-refractivity contribution in [2.45, 2.75) is 57.9 Å². The van der Waals surface area contributed by atoms with Crippen molar-refractivity contribution in [2.75, 3.05) is 27.2 Å². The van der Waals surface area contributed by atoms with E-state index in [9.17, 15) is 41.0 Å². The van der Waals surface area contributed by atoms with E-state index < -0.39 is 30.1 Å². The summed E-state index contributed by atoms with van der Waals surface area (Å²) < 4.78 is 76.8. The number of carbonyl (C=O) groups excluding carboxylic acids is 1. The maximum atomic E-state index is 13.1. The highest BCUT2D eigenvalue weighted by atomic mass is 19.4. The van der Waals surface area contributed by atoms with Gasteiger partial charge in [0.15, 0.2) is 0 Å². The number of hydrogen-bond donors (Lipinski definition) is 3. The van der Waals surface area contributed by atoms with Gasteiger partial charge >= 0.3 is 24.6 Å². The van der Waals surface area contributed by atoms with Gasteiger partial charge in [0.2, 0.25) is 0 Å². The molecule has 0 aliphatic carbocycles. The smallest absolute Gasteiger partial charge is 0.475 e. The van der Waals surface area contributed by atoms with Crippen LogP contribution in [-0.4, -0.2) is 87.8 Å². The first-order valence-corrected chi connectivity index (χ1v) is 14.5. The second-order valence-corrected chi connectivity index (χ2v) is 12.2. The molecule has 2 heterocycles. The van der Waals surface area contributed by atoms with Crippen molar-refractivity contribution in [1.82, 2.24) is 19.7 Å². The number of ether oxygens (including phenoxy) is 1. The number of fused-ring (bicyclic) bond motifs is 1. The first-order valence-electron chi connectivity index (χ1n) is 14.5. The summed E-state index contributed by atoms with van der Waals surface area (Å²) in [6, 6.07) is 14.9. The van der Waals surface area contributed by atoms with E-state index >= 15 is 0 Å². The quantitative estimate of drug-likeness (QED) is 0.221. The van der Waals surface area contributed by atoms with Crippen LogP contribution in [0.25, 0.3) is 22.4 Å². The van der Waals surface area contributed by atoms with Crippen LogP contribution in [0.3, 0.4) is 0 Å². The van der Waals surface area contributed by atoms with Gasteiger partial charge in [-0.1, -0.05) is 36.4 Å². The first kappa shape index (κ1) is 37.7. The van der Waals surface area contributed by atoms with Crippen molar-refractivity contribution in [3.8, 4) is 28.1 Å². The molecule has 2 amide bonds. The van der Waals surface area contributed by atoms with Gasteiger partial charge in [-0.2, -0.15) is 13.2 Å². The van der Waals surface area contributed by atoms with Crippen molar-refractivity contribution in [2.24, 2.45) is 0 Å². The van der Waals surface area contributed by atoms with Gasteiger partial charge in [-0.15, -0.1) is 13.2 Å². The molecule has 2 aromatic carbocycles. The van der Waals surface area contributed by atoms with Crippen LogP contribution in [0.2, 0.25) is 0 Å². The number of hydrogen-bond acceptors (Lipinski definition) is 5. The summed E-state index contributed by atoms with van der Waals surface area (Å²) >= 11 is 0. The van der Waals surface area contributed by atoms with Gasteiger partial charge in [0.1, 0.15) is 11.4 Å². The fourth-order valence-electron chi connectivity index (χ4n) is 5.21. The van der Waals surface area contributed by atoms with Crippen LogP contribution < -0.4 is 10.1 Å². The van der Waals surface area contributed by atoms with Crippen LogP contribution in [0.15, 0.2) is 54.6 Å². The molecule has 3 aromatic rings. The summed E-state index contributed by atoms with van der Waals surface area (Å²) in [5.41, 5.74) is 3.26. The maximum absolute atomic E-state index is 13.1. The predicted octanol–water partition coefficient (Wildman–Crippen LogP) is 6.87. The fourth-order valence-corrected chi connectivity index (χ4v) is 5.21. The summed E-state index contributed by atoms with van der Waals surface area (Å²) in [5.74, 6) is -3.44. The number of alkyl halides is 6. The van der Waals surface area contributed by atoms with E-state index in [2.05, 4.69) is 10.1 Å². The lowest BCUT2D eigenvalue weighted by molar-refractivity contribution is -0.274. The van der Waals surface area contributed by atoms with Crippen LogP contribution in [0.5, 0.6) is 5.75 Å². The maximum Gasteiger partial charge on any atom is 0.573 e. The van der Waals surface area contributed by atoms with Crippen LogP contribution in [0.1, 0.15) is 49.3 Å². The van der Waals surface area contributed by atoms with Crippen LogP contribution in [0.4, 0.5) is 31.1 Å². The number of carbonyl (C=O) groups is 3. The normalized spacial score (nSPS) is 14.8. The van der Waals surface area contributed by atoms with Gasteiger partial charge in [0, 0.05) is 30.7 Å². The molecule has 1 atom stereocenters. The lowest BCUT2D eigenvalue weighted by Crippen LogP contribution is -2.47. The lowest BCUT2D eigenvalue weighted by Gasteiger charge is -2.36. The molecule has 48 heavy (non-hydrogen) atoms. The molecule has 4 rings (SSSR count). The van der Waals surface area contributed by atoms with E-state index in [-0.39, 0.29) is 30.8 Å². The molecular weight excluding hydrogens is 650 g/mol. The predicted molar refractivity (Wildman–Crippen MR) is 164 cm³/mol. The number of rotatable bonds is 8. The van der Waals surface area contributed by atoms with Crippen molar-refractivity contribution < 1.29 is 55.7 Å². The third-order valence-corrected chi connectivity index (χ3v) is 7.21. The summed E-state index contributed by atoms with van der Waals surface area (Å²) in [7, 11) is 3.93. The third kappa shape index (κ3) is 9.89. The highest BCUT2D eigenvalue weighted by Gasteiger charge is 2.38. The minimum atomic E-state index is -5.08. The van der Waals surface area contributed by atoms with E-state index in [0.717, 1.165) is 17.7 Å². The Hall–Kier alpha value is -4.73. The van der Waals surface area contributed by atoms with Crippen molar-refractivity contribution in [3.05, 3.63) is 65.9 Å². The number of nitrogens with one attached hydrogen (secondary N) is 1. The zero-order valence-electron chi connectivity index (χ0n) is 26.7. The monoisotopic (exact) mass is 686 g/mol. The second-order valence-electron chi connectivity index (χ2n) is 12.2. The van der Waals surface area contributed by atoms with Crippen LogP contribution in [-0.2, 0) is 11.3 Å². The Labute approximate surface area is 272 Å². The van der Waals surface area contributed by atoms with Gasteiger partial charge in [-0.3, -0.25) is 4.79 Å². The number of nitrogens with zero attached hydrogens (tertiary/aromatic N) is 3. The number of amides is 2. The minimum absolute atomic E-state index is 0.225. The largest absolute Gasteiger partial charge is 0.573 e. The van der Waals surface area contributed by atoms with E-state index in [4.69, 9.17) is 9.90 Å². The number of halogens is 6. The molecule has 0 radical (unpaired) electrons. The summed E-state index contributed by atoms with van der Waals surface area (Å²) in [5, 5.41) is 19.8. The Balaban J connectivity index is 0.000000804.